The number of carbonyl (C=O) groups excluding carboxylic acids is 2. The molecule has 8 heteroatoms. The maximum Gasteiger partial charge on any atom is 0.235 e. The van der Waals surface area contributed by atoms with Crippen molar-refractivity contribution in [2.45, 2.75) is 36.8 Å². The van der Waals surface area contributed by atoms with Crippen LogP contribution in [0.25, 0.3) is 0 Å². The molecule has 0 bridgehead atoms. The number of piperidine rings is 1. The largest absolute Gasteiger partial charge is 0.360 e. The number of anilines is 1. The first-order valence-electron chi connectivity index (χ1n) is 8.88. The van der Waals surface area contributed by atoms with Gasteiger partial charge in [-0.25, -0.2) is 0 Å². The van der Waals surface area contributed by atoms with E-state index in [1.807, 2.05) is 36.1 Å². The average molecular weight is 408 g/mol. The number of hydrogen-bond donors (Lipinski definition) is 1. The van der Waals surface area contributed by atoms with Crippen molar-refractivity contribution >= 4 is 41.0 Å². The molecular weight excluding hydrogens is 386 g/mol. The lowest BCUT2D eigenvalue weighted by molar-refractivity contribution is -0.133. The van der Waals surface area contributed by atoms with Crippen molar-refractivity contribution in [3.8, 4) is 0 Å². The van der Waals surface area contributed by atoms with E-state index in [1.54, 1.807) is 13.0 Å². The van der Waals surface area contributed by atoms with Crippen LogP contribution in [0.3, 0.4) is 0 Å². The summed E-state index contributed by atoms with van der Waals surface area (Å²) >= 11 is 7.64. The molecule has 1 aliphatic heterocycles. The van der Waals surface area contributed by atoms with Crippen LogP contribution in [0.4, 0.5) is 5.82 Å². The molecule has 0 spiro atoms. The first kappa shape index (κ1) is 19.8. The smallest absolute Gasteiger partial charge is 0.235 e. The van der Waals surface area contributed by atoms with Crippen molar-refractivity contribution in [3.63, 3.8) is 0 Å². The molecule has 0 aliphatic carbocycles. The second-order valence-electron chi connectivity index (χ2n) is 6.60. The highest BCUT2D eigenvalue weighted by molar-refractivity contribution is 8.00. The summed E-state index contributed by atoms with van der Waals surface area (Å²) in [6.45, 7) is 4.81. The van der Waals surface area contributed by atoms with E-state index < -0.39 is 0 Å². The molecule has 3 rings (SSSR count). The lowest BCUT2D eigenvalue weighted by atomic mass is 9.95. The third-order valence-electron chi connectivity index (χ3n) is 4.54. The predicted molar refractivity (Wildman–Crippen MR) is 106 cm³/mol. The maximum absolute atomic E-state index is 12.7. The van der Waals surface area contributed by atoms with Gasteiger partial charge >= 0.3 is 0 Å². The van der Waals surface area contributed by atoms with Crippen molar-refractivity contribution in [3.05, 3.63) is 41.1 Å². The number of carbonyl (C=O) groups is 2. The molecule has 1 aromatic carbocycles. The van der Waals surface area contributed by atoms with E-state index in [1.165, 1.54) is 11.8 Å². The molecule has 1 saturated heterocycles. The fraction of sp³-hybridized carbons (Fsp3) is 0.421. The van der Waals surface area contributed by atoms with Gasteiger partial charge in [0.25, 0.3) is 0 Å². The molecule has 2 heterocycles. The molecule has 1 aromatic heterocycles. The van der Waals surface area contributed by atoms with Crippen molar-refractivity contribution in [2.24, 2.45) is 5.92 Å². The van der Waals surface area contributed by atoms with Gasteiger partial charge in [-0.2, -0.15) is 0 Å². The summed E-state index contributed by atoms with van der Waals surface area (Å²) in [6, 6.07) is 9.20. The molecule has 144 valence electrons. The lowest BCUT2D eigenvalue weighted by Crippen LogP contribution is -2.44. The quantitative estimate of drug-likeness (QED) is 0.758. The van der Waals surface area contributed by atoms with E-state index in [4.69, 9.17) is 16.1 Å². The lowest BCUT2D eigenvalue weighted by Gasteiger charge is -2.32. The van der Waals surface area contributed by atoms with Crippen molar-refractivity contribution < 1.29 is 14.1 Å². The number of halogens is 1. The maximum atomic E-state index is 12.7. The number of benzene rings is 1. The van der Waals surface area contributed by atoms with Crippen LogP contribution in [-0.2, 0) is 9.59 Å². The zero-order valence-electron chi connectivity index (χ0n) is 15.3. The Hall–Kier alpha value is -1.99. The SMILES string of the molecule is Cc1cc(NC(=O)C2CCN(C(=O)[C@H](C)Sc3ccccc3Cl)CC2)no1. The summed E-state index contributed by atoms with van der Waals surface area (Å²) in [5.74, 6) is 0.953. The number of aromatic nitrogens is 1. The van der Waals surface area contributed by atoms with Gasteiger partial charge in [-0.3, -0.25) is 9.59 Å². The number of nitrogens with zero attached hydrogens (tertiary/aromatic N) is 2. The molecule has 6 nitrogen and oxygen atoms in total. The second kappa shape index (κ2) is 8.80. The third-order valence-corrected chi connectivity index (χ3v) is 6.15. The first-order valence-corrected chi connectivity index (χ1v) is 10.1. The van der Waals surface area contributed by atoms with Crippen LogP contribution in [0.2, 0.25) is 5.02 Å². The highest BCUT2D eigenvalue weighted by atomic mass is 35.5. The van der Waals surface area contributed by atoms with E-state index in [0.29, 0.717) is 42.5 Å². The molecule has 2 amide bonds. The number of thioether (sulfide) groups is 1. The zero-order chi connectivity index (χ0) is 19.4. The van der Waals surface area contributed by atoms with E-state index in [-0.39, 0.29) is 23.0 Å². The van der Waals surface area contributed by atoms with E-state index >= 15 is 0 Å². The van der Waals surface area contributed by atoms with Gasteiger partial charge in [-0.05, 0) is 38.8 Å². The van der Waals surface area contributed by atoms with Crippen molar-refractivity contribution in [1.82, 2.24) is 10.1 Å². The molecule has 1 fully saturated rings. The zero-order valence-corrected chi connectivity index (χ0v) is 16.8. The number of likely N-dealkylation sites (tertiary alicyclic amines) is 1. The van der Waals surface area contributed by atoms with Crippen molar-refractivity contribution in [1.29, 1.82) is 0 Å². The first-order chi connectivity index (χ1) is 12.9. The van der Waals surface area contributed by atoms with Gasteiger partial charge in [0.2, 0.25) is 11.8 Å². The molecule has 0 unspecified atom stereocenters. The fourth-order valence-electron chi connectivity index (χ4n) is 3.05. The molecule has 1 N–H and O–H groups in total. The van der Waals surface area contributed by atoms with Crippen LogP contribution in [0.15, 0.2) is 39.8 Å². The minimum atomic E-state index is -0.228. The Morgan fingerprint density at radius 1 is 1.33 bits per heavy atom. The summed E-state index contributed by atoms with van der Waals surface area (Å²) < 4.78 is 4.96. The Bertz CT molecular complexity index is 818. The molecule has 2 aromatic rings. The monoisotopic (exact) mass is 407 g/mol. The molecule has 0 saturated carbocycles. The number of amides is 2. The highest BCUT2D eigenvalue weighted by Gasteiger charge is 2.30. The van der Waals surface area contributed by atoms with Crippen LogP contribution in [0.5, 0.6) is 0 Å². The minimum absolute atomic E-state index is 0.0749. The number of rotatable bonds is 5. The van der Waals surface area contributed by atoms with Crippen LogP contribution in [0, 0.1) is 12.8 Å². The number of hydrogen-bond acceptors (Lipinski definition) is 5. The third kappa shape index (κ3) is 5.05. The Morgan fingerprint density at radius 3 is 2.67 bits per heavy atom. The summed E-state index contributed by atoms with van der Waals surface area (Å²) in [6.07, 6.45) is 1.27. The Kier molecular flexibility index (Phi) is 6.44. The number of aryl methyl sites for hydroxylation is 1. The Morgan fingerprint density at radius 2 is 2.04 bits per heavy atom. The molecule has 27 heavy (non-hydrogen) atoms. The summed E-state index contributed by atoms with van der Waals surface area (Å²) in [5.41, 5.74) is 0. The van der Waals surface area contributed by atoms with Gasteiger partial charge in [0.05, 0.1) is 10.3 Å². The van der Waals surface area contributed by atoms with Gasteiger partial charge in [0, 0.05) is 30.0 Å². The molecule has 1 atom stereocenters. The number of nitrogens with one attached hydrogen (secondary N) is 1. The van der Waals surface area contributed by atoms with Crippen molar-refractivity contribution in [2.75, 3.05) is 18.4 Å². The summed E-state index contributed by atoms with van der Waals surface area (Å²) in [5, 5.41) is 6.98. The minimum Gasteiger partial charge on any atom is -0.360 e. The van der Waals surface area contributed by atoms with Crippen LogP contribution >= 0.6 is 23.4 Å². The highest BCUT2D eigenvalue weighted by Crippen LogP contribution is 2.31. The van der Waals surface area contributed by atoms with E-state index in [9.17, 15) is 9.59 Å². The second-order valence-corrected chi connectivity index (χ2v) is 8.39. The fourth-order valence-corrected chi connectivity index (χ4v) is 4.29. The van der Waals surface area contributed by atoms with Crippen LogP contribution in [0.1, 0.15) is 25.5 Å². The molecule has 1 aliphatic rings. The van der Waals surface area contributed by atoms with Gasteiger partial charge in [-0.15, -0.1) is 11.8 Å². The van der Waals surface area contributed by atoms with Gasteiger partial charge in [0.15, 0.2) is 5.82 Å². The standard InChI is InChI=1S/C19H22ClN3O3S/c1-12-11-17(22-26-12)21-18(24)14-7-9-23(10-8-14)19(25)13(2)27-16-6-4-3-5-15(16)20/h3-6,11,13-14H,7-10H2,1-2H3,(H,21,22,24)/t13-/m0/s1. The van der Waals surface area contributed by atoms with Gasteiger partial charge < -0.3 is 14.7 Å². The Balaban J connectivity index is 1.50. The average Bonchev–Trinajstić information content (AvgIpc) is 3.07. The molecular formula is C19H22ClN3O3S. The normalized spacial score (nSPS) is 16.2. The summed E-state index contributed by atoms with van der Waals surface area (Å²) in [7, 11) is 0. The Labute approximate surface area is 167 Å². The van der Waals surface area contributed by atoms with Gasteiger partial charge in [0.1, 0.15) is 5.76 Å². The van der Waals surface area contributed by atoms with E-state index in [0.717, 1.165) is 4.90 Å². The van der Waals surface area contributed by atoms with Gasteiger partial charge in [-0.1, -0.05) is 28.9 Å². The van der Waals surface area contributed by atoms with Crippen LogP contribution in [-0.4, -0.2) is 40.2 Å². The molecule has 0 radical (unpaired) electrons. The van der Waals surface area contributed by atoms with E-state index in [2.05, 4.69) is 10.5 Å². The predicted octanol–water partition coefficient (Wildman–Crippen LogP) is 3.99. The summed E-state index contributed by atoms with van der Waals surface area (Å²) in [4.78, 5) is 27.8. The topological polar surface area (TPSA) is 75.4 Å². The van der Waals surface area contributed by atoms with Crippen LogP contribution < -0.4 is 5.32 Å².